The molecule has 10 heteroatoms. The predicted molar refractivity (Wildman–Crippen MR) is 66.6 cm³/mol. The Morgan fingerprint density at radius 2 is 1.77 bits per heavy atom. The molecule has 0 aromatic heterocycles. The fourth-order valence-electron chi connectivity index (χ4n) is 2.49. The Kier molecular flexibility index (Phi) is 5.69. The van der Waals surface area contributed by atoms with Crippen LogP contribution >= 0.6 is 0 Å². The lowest BCUT2D eigenvalue weighted by Crippen LogP contribution is -2.62. The first-order valence-electron chi connectivity index (χ1n) is 6.85. The standard InChI is InChI=1S/C12H20O10/c13-3-5-6(14)4(1-2-20-5)21-12-9(17)7(15)8(16)10(22-12)11(18)19/h4-10,12-17H,1-3H2,(H,18,19)/t4-,5?,6?,7?,8?,9?,10?,12?/m1/s1. The zero-order chi connectivity index (χ0) is 16.4. The van der Waals surface area contributed by atoms with E-state index in [2.05, 4.69) is 0 Å². The summed E-state index contributed by atoms with van der Waals surface area (Å²) in [5, 5.41) is 57.0. The second-order valence-corrected chi connectivity index (χ2v) is 5.28. The summed E-state index contributed by atoms with van der Waals surface area (Å²) in [6.07, 6.45) is -11.3. The molecule has 0 aromatic carbocycles. The number of carboxylic acid groups (broad SMARTS) is 1. The average molecular weight is 324 g/mol. The van der Waals surface area contributed by atoms with Gasteiger partial charge in [0.15, 0.2) is 12.4 Å². The molecule has 0 aliphatic carbocycles. The lowest BCUT2D eigenvalue weighted by atomic mass is 9.98. The molecular weight excluding hydrogens is 304 g/mol. The Labute approximate surface area is 125 Å². The minimum absolute atomic E-state index is 0.184. The summed E-state index contributed by atoms with van der Waals surface area (Å²) < 4.78 is 15.4. The third kappa shape index (κ3) is 3.39. The van der Waals surface area contributed by atoms with Gasteiger partial charge in [-0.2, -0.15) is 0 Å². The molecule has 0 bridgehead atoms. The molecule has 128 valence electrons. The van der Waals surface area contributed by atoms with Crippen molar-refractivity contribution in [3.8, 4) is 0 Å². The third-order valence-corrected chi connectivity index (χ3v) is 3.80. The summed E-state index contributed by atoms with van der Waals surface area (Å²) >= 11 is 0. The number of aliphatic carboxylic acids is 1. The summed E-state index contributed by atoms with van der Waals surface area (Å²) in [5.41, 5.74) is 0. The molecule has 0 radical (unpaired) electrons. The quantitative estimate of drug-likeness (QED) is 0.304. The first-order chi connectivity index (χ1) is 10.4. The van der Waals surface area contributed by atoms with Gasteiger partial charge in [-0.05, 0) is 6.42 Å². The van der Waals surface area contributed by atoms with Crippen LogP contribution in [0.25, 0.3) is 0 Å². The smallest absolute Gasteiger partial charge is 0.335 e. The largest absolute Gasteiger partial charge is 0.479 e. The van der Waals surface area contributed by atoms with E-state index in [0.717, 1.165) is 0 Å². The maximum atomic E-state index is 11.0. The van der Waals surface area contributed by atoms with Crippen molar-refractivity contribution >= 4 is 5.97 Å². The number of ether oxygens (including phenoxy) is 3. The minimum atomic E-state index is -1.81. The number of carboxylic acids is 1. The molecule has 22 heavy (non-hydrogen) atoms. The molecular formula is C12H20O10. The number of aliphatic hydroxyl groups is 5. The van der Waals surface area contributed by atoms with Crippen LogP contribution in [-0.2, 0) is 19.0 Å². The number of rotatable bonds is 4. The van der Waals surface area contributed by atoms with Crippen LogP contribution in [0.4, 0.5) is 0 Å². The molecule has 0 spiro atoms. The summed E-state index contributed by atoms with van der Waals surface area (Å²) in [6.45, 7) is -0.252. The van der Waals surface area contributed by atoms with Gasteiger partial charge in [0.1, 0.15) is 30.5 Å². The van der Waals surface area contributed by atoms with Crippen LogP contribution in [0.3, 0.4) is 0 Å². The monoisotopic (exact) mass is 324 g/mol. The van der Waals surface area contributed by atoms with Crippen molar-refractivity contribution in [2.45, 2.75) is 55.4 Å². The molecule has 2 fully saturated rings. The highest BCUT2D eigenvalue weighted by Crippen LogP contribution is 2.26. The number of carbonyl (C=O) groups is 1. The molecule has 2 aliphatic heterocycles. The molecule has 8 atom stereocenters. The Bertz CT molecular complexity index is 390. The highest BCUT2D eigenvalue weighted by molar-refractivity contribution is 5.73. The first kappa shape index (κ1) is 17.5. The summed E-state index contributed by atoms with van der Waals surface area (Å²) in [5.74, 6) is -1.52. The SMILES string of the molecule is O=C(O)C1OC(O[C@@H]2CCOC(CO)C2O)C(O)C(O)C1O. The van der Waals surface area contributed by atoms with E-state index >= 15 is 0 Å². The molecule has 7 unspecified atom stereocenters. The van der Waals surface area contributed by atoms with Crippen molar-refractivity contribution < 1.29 is 49.6 Å². The van der Waals surface area contributed by atoms with E-state index in [0.29, 0.717) is 0 Å². The molecule has 2 rings (SSSR count). The second-order valence-electron chi connectivity index (χ2n) is 5.28. The van der Waals surface area contributed by atoms with Gasteiger partial charge in [-0.25, -0.2) is 4.79 Å². The van der Waals surface area contributed by atoms with E-state index in [1.807, 2.05) is 0 Å². The van der Waals surface area contributed by atoms with Gasteiger partial charge < -0.3 is 44.8 Å². The topological polar surface area (TPSA) is 166 Å². The third-order valence-electron chi connectivity index (χ3n) is 3.80. The lowest BCUT2D eigenvalue weighted by Gasteiger charge is -2.42. The van der Waals surface area contributed by atoms with Crippen molar-refractivity contribution in [2.75, 3.05) is 13.2 Å². The van der Waals surface area contributed by atoms with Crippen LogP contribution in [0.1, 0.15) is 6.42 Å². The lowest BCUT2D eigenvalue weighted by molar-refractivity contribution is -0.319. The zero-order valence-corrected chi connectivity index (χ0v) is 11.6. The van der Waals surface area contributed by atoms with Crippen LogP contribution in [0.15, 0.2) is 0 Å². The van der Waals surface area contributed by atoms with Crippen LogP contribution in [-0.4, -0.2) is 98.8 Å². The van der Waals surface area contributed by atoms with Gasteiger partial charge in [0.05, 0.1) is 12.7 Å². The van der Waals surface area contributed by atoms with Crippen LogP contribution in [0.2, 0.25) is 0 Å². The van der Waals surface area contributed by atoms with Crippen LogP contribution in [0, 0.1) is 0 Å². The Morgan fingerprint density at radius 3 is 2.36 bits per heavy atom. The molecule has 0 amide bonds. The van der Waals surface area contributed by atoms with Gasteiger partial charge >= 0.3 is 5.97 Å². The average Bonchev–Trinajstić information content (AvgIpc) is 2.49. The molecule has 6 N–H and O–H groups in total. The fourth-order valence-corrected chi connectivity index (χ4v) is 2.49. The summed E-state index contributed by atoms with van der Waals surface area (Å²) in [7, 11) is 0. The van der Waals surface area contributed by atoms with Gasteiger partial charge in [0.25, 0.3) is 0 Å². The van der Waals surface area contributed by atoms with Crippen molar-refractivity contribution in [1.82, 2.24) is 0 Å². The van der Waals surface area contributed by atoms with E-state index in [-0.39, 0.29) is 13.0 Å². The Hall–Kier alpha value is -0.850. The van der Waals surface area contributed by atoms with Gasteiger partial charge in [-0.3, -0.25) is 0 Å². The van der Waals surface area contributed by atoms with Gasteiger partial charge in [-0.15, -0.1) is 0 Å². The van der Waals surface area contributed by atoms with E-state index in [9.17, 15) is 25.2 Å². The molecule has 2 saturated heterocycles. The predicted octanol–water partition coefficient (Wildman–Crippen LogP) is -3.59. The number of hydrogen-bond acceptors (Lipinski definition) is 9. The fraction of sp³-hybridized carbons (Fsp3) is 0.917. The van der Waals surface area contributed by atoms with Crippen molar-refractivity contribution in [3.05, 3.63) is 0 Å². The molecule has 2 aliphatic rings. The highest BCUT2D eigenvalue weighted by atomic mass is 16.7. The molecule has 10 nitrogen and oxygen atoms in total. The maximum absolute atomic E-state index is 11.0. The van der Waals surface area contributed by atoms with E-state index in [4.69, 9.17) is 24.4 Å². The Balaban J connectivity index is 2.05. The van der Waals surface area contributed by atoms with Crippen LogP contribution < -0.4 is 0 Å². The zero-order valence-electron chi connectivity index (χ0n) is 11.6. The van der Waals surface area contributed by atoms with E-state index < -0.39 is 61.6 Å². The van der Waals surface area contributed by atoms with Crippen LogP contribution in [0.5, 0.6) is 0 Å². The normalized spacial score (nSPS) is 46.4. The van der Waals surface area contributed by atoms with Gasteiger partial charge in [0.2, 0.25) is 0 Å². The van der Waals surface area contributed by atoms with Crippen molar-refractivity contribution in [3.63, 3.8) is 0 Å². The second kappa shape index (κ2) is 7.15. The number of aliphatic hydroxyl groups excluding tert-OH is 5. The van der Waals surface area contributed by atoms with Gasteiger partial charge in [-0.1, -0.05) is 0 Å². The van der Waals surface area contributed by atoms with Gasteiger partial charge in [0, 0.05) is 6.61 Å². The maximum Gasteiger partial charge on any atom is 0.335 e. The molecule has 0 saturated carbocycles. The highest BCUT2D eigenvalue weighted by Gasteiger charge is 2.49. The minimum Gasteiger partial charge on any atom is -0.479 e. The van der Waals surface area contributed by atoms with E-state index in [1.165, 1.54) is 0 Å². The van der Waals surface area contributed by atoms with E-state index in [1.54, 1.807) is 0 Å². The number of hydrogen-bond donors (Lipinski definition) is 6. The van der Waals surface area contributed by atoms with Crippen molar-refractivity contribution in [2.24, 2.45) is 0 Å². The summed E-state index contributed by atoms with van der Waals surface area (Å²) in [6, 6.07) is 0. The molecule has 2 heterocycles. The molecule has 0 aromatic rings. The summed E-state index contributed by atoms with van der Waals surface area (Å²) in [4.78, 5) is 11.0. The first-order valence-corrected chi connectivity index (χ1v) is 6.85. The Morgan fingerprint density at radius 1 is 1.09 bits per heavy atom. The van der Waals surface area contributed by atoms with Crippen molar-refractivity contribution in [1.29, 1.82) is 0 Å².